The number of hydrogen-bond acceptors (Lipinski definition) is 3. The average Bonchev–Trinajstić information content (AvgIpc) is 2.19. The van der Waals surface area contributed by atoms with E-state index in [1.165, 1.54) is 0 Å². The first kappa shape index (κ1) is 11.2. The van der Waals surface area contributed by atoms with E-state index in [9.17, 15) is 0 Å². The highest BCUT2D eigenvalue weighted by atomic mass is 16.6. The fraction of sp³-hybridized carbons (Fsp3) is 0.455. The molecule has 0 spiro atoms. The predicted molar refractivity (Wildman–Crippen MR) is 55.5 cm³/mol. The Labute approximate surface area is 84.8 Å². The van der Waals surface area contributed by atoms with Crippen LogP contribution in [0.2, 0.25) is 0 Å². The van der Waals surface area contributed by atoms with Gasteiger partial charge in [0.05, 0.1) is 6.61 Å². The largest absolute Gasteiger partial charge is 0.380 e. The summed E-state index contributed by atoms with van der Waals surface area (Å²) < 4.78 is 5.06. The Kier molecular flexibility index (Phi) is 3.63. The summed E-state index contributed by atoms with van der Waals surface area (Å²) in [4.78, 5) is 4.92. The van der Waals surface area contributed by atoms with Crippen molar-refractivity contribution in [2.24, 2.45) is 5.90 Å². The zero-order valence-electron chi connectivity index (χ0n) is 8.91. The van der Waals surface area contributed by atoms with Crippen molar-refractivity contribution in [2.45, 2.75) is 26.1 Å². The lowest BCUT2D eigenvalue weighted by atomic mass is 9.97. The molecule has 1 rings (SSSR count). The maximum Gasteiger partial charge on any atom is 0.109 e. The lowest BCUT2D eigenvalue weighted by Gasteiger charge is -2.22. The van der Waals surface area contributed by atoms with Crippen LogP contribution in [-0.4, -0.2) is 7.11 Å². The van der Waals surface area contributed by atoms with Gasteiger partial charge in [-0.25, -0.2) is 5.90 Å². The van der Waals surface area contributed by atoms with Gasteiger partial charge in [0.2, 0.25) is 0 Å². The van der Waals surface area contributed by atoms with Crippen molar-refractivity contribution < 1.29 is 9.57 Å². The van der Waals surface area contributed by atoms with Crippen LogP contribution in [0.3, 0.4) is 0 Å². The van der Waals surface area contributed by atoms with Crippen LogP contribution in [0.25, 0.3) is 0 Å². The van der Waals surface area contributed by atoms with Gasteiger partial charge in [0.1, 0.15) is 5.60 Å². The van der Waals surface area contributed by atoms with E-state index >= 15 is 0 Å². The van der Waals surface area contributed by atoms with E-state index in [0.29, 0.717) is 6.61 Å². The maximum absolute atomic E-state index is 5.23. The third-order valence-corrected chi connectivity index (χ3v) is 2.23. The summed E-state index contributed by atoms with van der Waals surface area (Å²) in [6.45, 7) is 4.46. The molecule has 0 fully saturated rings. The van der Waals surface area contributed by atoms with E-state index in [0.717, 1.165) is 11.1 Å². The number of rotatable bonds is 4. The Hall–Kier alpha value is -0.900. The molecule has 0 saturated carbocycles. The first-order chi connectivity index (χ1) is 6.60. The summed E-state index contributed by atoms with van der Waals surface area (Å²) in [5, 5.41) is 0. The summed E-state index contributed by atoms with van der Waals surface area (Å²) in [6, 6.07) is 8.02. The van der Waals surface area contributed by atoms with Crippen LogP contribution < -0.4 is 5.90 Å². The highest BCUT2D eigenvalue weighted by molar-refractivity contribution is 5.27. The smallest absolute Gasteiger partial charge is 0.109 e. The van der Waals surface area contributed by atoms with E-state index in [4.69, 9.17) is 15.5 Å². The van der Waals surface area contributed by atoms with Gasteiger partial charge in [-0.05, 0) is 25.0 Å². The van der Waals surface area contributed by atoms with Gasteiger partial charge in [-0.15, -0.1) is 0 Å². The van der Waals surface area contributed by atoms with Crippen molar-refractivity contribution in [1.29, 1.82) is 0 Å². The Morgan fingerprint density at radius 1 is 1.36 bits per heavy atom. The van der Waals surface area contributed by atoms with E-state index < -0.39 is 5.60 Å². The Bertz CT molecular complexity index is 297. The molecular formula is C11H17NO2. The molecule has 0 bridgehead atoms. The van der Waals surface area contributed by atoms with Gasteiger partial charge in [-0.3, -0.25) is 4.84 Å². The first-order valence-electron chi connectivity index (χ1n) is 4.56. The molecular weight excluding hydrogens is 178 g/mol. The van der Waals surface area contributed by atoms with Crippen molar-refractivity contribution in [1.82, 2.24) is 0 Å². The normalized spacial score (nSPS) is 11.7. The standard InChI is InChI=1S/C11H17NO2/c1-11(2,14-12)10-6-4-5-9(7-10)8-13-3/h4-7H,8,12H2,1-3H3. The molecule has 1 aromatic carbocycles. The van der Waals surface area contributed by atoms with Crippen LogP contribution >= 0.6 is 0 Å². The Morgan fingerprint density at radius 3 is 2.64 bits per heavy atom. The third kappa shape index (κ3) is 2.54. The zero-order valence-corrected chi connectivity index (χ0v) is 8.91. The van der Waals surface area contributed by atoms with Crippen LogP contribution in [0.4, 0.5) is 0 Å². The van der Waals surface area contributed by atoms with Crippen molar-refractivity contribution in [2.75, 3.05) is 7.11 Å². The number of hydrogen-bond donors (Lipinski definition) is 1. The second-order valence-corrected chi connectivity index (χ2v) is 3.76. The molecule has 0 unspecified atom stereocenters. The molecule has 3 heteroatoms. The van der Waals surface area contributed by atoms with E-state index in [1.54, 1.807) is 7.11 Å². The topological polar surface area (TPSA) is 44.5 Å². The van der Waals surface area contributed by atoms with Crippen molar-refractivity contribution >= 4 is 0 Å². The summed E-state index contributed by atoms with van der Waals surface area (Å²) in [5.74, 6) is 5.23. The van der Waals surface area contributed by atoms with Crippen LogP contribution in [0.15, 0.2) is 24.3 Å². The lowest BCUT2D eigenvalue weighted by Crippen LogP contribution is -2.25. The quantitative estimate of drug-likeness (QED) is 0.747. The maximum atomic E-state index is 5.23. The van der Waals surface area contributed by atoms with Gasteiger partial charge < -0.3 is 4.74 Å². The fourth-order valence-corrected chi connectivity index (χ4v) is 1.27. The van der Waals surface area contributed by atoms with E-state index in [2.05, 4.69) is 0 Å². The monoisotopic (exact) mass is 195 g/mol. The fourth-order valence-electron chi connectivity index (χ4n) is 1.27. The minimum Gasteiger partial charge on any atom is -0.380 e. The molecule has 3 nitrogen and oxygen atoms in total. The Morgan fingerprint density at radius 2 is 2.07 bits per heavy atom. The molecule has 1 aromatic rings. The number of nitrogens with two attached hydrogens (primary N) is 1. The SMILES string of the molecule is COCc1cccc(C(C)(C)ON)c1. The zero-order chi connectivity index (χ0) is 10.6. The van der Waals surface area contributed by atoms with Crippen LogP contribution in [0.1, 0.15) is 25.0 Å². The van der Waals surface area contributed by atoms with E-state index in [-0.39, 0.29) is 0 Å². The van der Waals surface area contributed by atoms with Crippen LogP contribution in [0.5, 0.6) is 0 Å². The van der Waals surface area contributed by atoms with Crippen molar-refractivity contribution in [3.63, 3.8) is 0 Å². The number of benzene rings is 1. The van der Waals surface area contributed by atoms with Gasteiger partial charge in [-0.2, -0.15) is 0 Å². The second kappa shape index (κ2) is 4.55. The molecule has 0 saturated heterocycles. The number of ether oxygens (including phenoxy) is 1. The second-order valence-electron chi connectivity index (χ2n) is 3.76. The van der Waals surface area contributed by atoms with Crippen LogP contribution in [-0.2, 0) is 21.8 Å². The highest BCUT2D eigenvalue weighted by Crippen LogP contribution is 2.23. The molecule has 0 aliphatic heterocycles. The summed E-state index contributed by atoms with van der Waals surface area (Å²) in [6.07, 6.45) is 0. The molecule has 0 aromatic heterocycles. The number of methoxy groups -OCH3 is 1. The average molecular weight is 195 g/mol. The minimum absolute atomic E-state index is 0.455. The predicted octanol–water partition coefficient (Wildman–Crippen LogP) is 1.96. The van der Waals surface area contributed by atoms with Crippen LogP contribution in [0, 0.1) is 0 Å². The molecule has 0 atom stereocenters. The molecule has 0 heterocycles. The molecule has 78 valence electrons. The molecule has 0 aliphatic carbocycles. The van der Waals surface area contributed by atoms with E-state index in [1.807, 2.05) is 38.1 Å². The van der Waals surface area contributed by atoms with Gasteiger partial charge in [0.15, 0.2) is 0 Å². The highest BCUT2D eigenvalue weighted by Gasteiger charge is 2.20. The lowest BCUT2D eigenvalue weighted by molar-refractivity contribution is -0.0237. The molecule has 0 radical (unpaired) electrons. The Balaban J connectivity index is 2.93. The van der Waals surface area contributed by atoms with Gasteiger partial charge >= 0.3 is 0 Å². The summed E-state index contributed by atoms with van der Waals surface area (Å²) >= 11 is 0. The van der Waals surface area contributed by atoms with Crippen molar-refractivity contribution in [3.8, 4) is 0 Å². The van der Waals surface area contributed by atoms with Crippen molar-refractivity contribution in [3.05, 3.63) is 35.4 Å². The van der Waals surface area contributed by atoms with Gasteiger partial charge in [0, 0.05) is 7.11 Å². The molecule has 0 aliphatic rings. The summed E-state index contributed by atoms with van der Waals surface area (Å²) in [5.41, 5.74) is 1.72. The minimum atomic E-state index is -0.455. The molecule has 2 N–H and O–H groups in total. The van der Waals surface area contributed by atoms with Gasteiger partial charge in [0.25, 0.3) is 0 Å². The van der Waals surface area contributed by atoms with Gasteiger partial charge in [-0.1, -0.05) is 24.3 Å². The first-order valence-corrected chi connectivity index (χ1v) is 4.56. The molecule has 0 amide bonds. The summed E-state index contributed by atoms with van der Waals surface area (Å²) in [7, 11) is 1.68. The molecule has 14 heavy (non-hydrogen) atoms. The third-order valence-electron chi connectivity index (χ3n) is 2.23.